The van der Waals surface area contributed by atoms with Gasteiger partial charge in [0.2, 0.25) is 0 Å². The SMILES string of the molecule is C1=NNCC1.C1CCNC1.C1CN1.C1CNC1.C1CNNC1. The zero-order valence-corrected chi connectivity index (χ0v) is 13.9. The van der Waals surface area contributed by atoms with Crippen LogP contribution in [0.15, 0.2) is 5.10 Å². The molecule has 0 spiro atoms. The number of hydrogen-bond acceptors (Lipinski definition) is 7. The monoisotopic (exact) mass is 313 g/mol. The first kappa shape index (κ1) is 19.3. The van der Waals surface area contributed by atoms with Crippen molar-refractivity contribution in [3.05, 3.63) is 0 Å². The van der Waals surface area contributed by atoms with E-state index in [1.54, 1.807) is 0 Å². The van der Waals surface area contributed by atoms with Gasteiger partial charge in [-0.3, -0.25) is 10.9 Å². The minimum atomic E-state index is 1.03. The molecule has 5 heterocycles. The minimum absolute atomic E-state index is 1.03. The Bertz CT molecular complexity index is 196. The Morgan fingerprint density at radius 1 is 0.545 bits per heavy atom. The molecule has 0 aromatic heterocycles. The van der Waals surface area contributed by atoms with E-state index in [4.69, 9.17) is 0 Å². The van der Waals surface area contributed by atoms with E-state index >= 15 is 0 Å². The zero-order chi connectivity index (χ0) is 15.6. The largest absolute Gasteiger partial charge is 0.317 e. The number of nitrogens with one attached hydrogen (secondary N) is 6. The molecule has 0 atom stereocenters. The molecule has 4 fully saturated rings. The van der Waals surface area contributed by atoms with Crippen molar-refractivity contribution in [2.24, 2.45) is 5.10 Å². The van der Waals surface area contributed by atoms with Crippen molar-refractivity contribution in [1.29, 1.82) is 0 Å². The molecule has 6 N–H and O–H groups in total. The van der Waals surface area contributed by atoms with Crippen LogP contribution in [0, 0.1) is 0 Å². The quantitative estimate of drug-likeness (QED) is 0.334. The second-order valence-electron chi connectivity index (χ2n) is 5.53. The summed E-state index contributed by atoms with van der Waals surface area (Å²) in [5.41, 5.74) is 8.74. The van der Waals surface area contributed by atoms with Crippen molar-refractivity contribution < 1.29 is 0 Å². The number of hydrazone groups is 1. The van der Waals surface area contributed by atoms with Crippen LogP contribution in [0.3, 0.4) is 0 Å². The molecule has 7 heteroatoms. The normalized spacial score (nSPS) is 22.9. The molecule has 0 bridgehead atoms. The average molecular weight is 313 g/mol. The summed E-state index contributed by atoms with van der Waals surface area (Å²) in [5.74, 6) is 0. The third-order valence-corrected chi connectivity index (χ3v) is 3.21. The molecule has 5 aliphatic heterocycles. The Balaban J connectivity index is 0.000000139. The van der Waals surface area contributed by atoms with Crippen molar-refractivity contribution in [2.45, 2.75) is 32.1 Å². The van der Waals surface area contributed by atoms with Crippen molar-refractivity contribution in [1.82, 2.24) is 32.2 Å². The smallest absolute Gasteiger partial charge is 0.0379 e. The second kappa shape index (κ2) is 16.6. The zero-order valence-electron chi connectivity index (χ0n) is 13.9. The van der Waals surface area contributed by atoms with E-state index in [2.05, 4.69) is 37.3 Å². The molecule has 4 saturated heterocycles. The molecule has 5 rings (SSSR count). The van der Waals surface area contributed by atoms with Gasteiger partial charge in [0.15, 0.2) is 0 Å². The van der Waals surface area contributed by atoms with Gasteiger partial charge in [0, 0.05) is 45.4 Å². The second-order valence-corrected chi connectivity index (χ2v) is 5.53. The summed E-state index contributed by atoms with van der Waals surface area (Å²) in [6.45, 7) is 10.8. The molecule has 130 valence electrons. The number of hydrogen-bond donors (Lipinski definition) is 6. The molecule has 0 aromatic rings. The fourth-order valence-corrected chi connectivity index (χ4v) is 1.57. The van der Waals surface area contributed by atoms with Gasteiger partial charge >= 0.3 is 0 Å². The minimum Gasteiger partial charge on any atom is -0.317 e. The summed E-state index contributed by atoms with van der Waals surface area (Å²) in [7, 11) is 0. The molecule has 0 aliphatic carbocycles. The standard InChI is InChI=1S/C4H9N.C3H8N2.C3H6N2.C3H7N.C2H5N/c3*1-2-4-5-3-1;1-2-4-3-1;1-2-3-1/h5H,1-4H2;4-5H,1-3H2;2,5H,1,3H2;4H,1-3H2;3H,1-2H2. The van der Waals surface area contributed by atoms with E-state index in [9.17, 15) is 0 Å². The van der Waals surface area contributed by atoms with Gasteiger partial charge in [-0.25, -0.2) is 0 Å². The Morgan fingerprint density at radius 3 is 1.18 bits per heavy atom. The Hall–Kier alpha value is -0.730. The maximum atomic E-state index is 3.71. The predicted molar refractivity (Wildman–Crippen MR) is 94.2 cm³/mol. The molecule has 0 amide bonds. The van der Waals surface area contributed by atoms with Crippen LogP contribution in [0.5, 0.6) is 0 Å². The van der Waals surface area contributed by atoms with Gasteiger partial charge in [-0.2, -0.15) is 5.10 Å². The molecule has 7 nitrogen and oxygen atoms in total. The molecule has 0 radical (unpaired) electrons. The van der Waals surface area contributed by atoms with Crippen LogP contribution in [0.2, 0.25) is 0 Å². The van der Waals surface area contributed by atoms with E-state index in [1.165, 1.54) is 65.0 Å². The van der Waals surface area contributed by atoms with Crippen LogP contribution < -0.4 is 32.2 Å². The highest BCUT2D eigenvalue weighted by atomic mass is 15.4. The lowest BCUT2D eigenvalue weighted by atomic mass is 10.3. The van der Waals surface area contributed by atoms with E-state index in [0.717, 1.165) is 26.1 Å². The van der Waals surface area contributed by atoms with Crippen molar-refractivity contribution in [3.8, 4) is 0 Å². The molecule has 0 aromatic carbocycles. The molecule has 0 saturated carbocycles. The lowest BCUT2D eigenvalue weighted by Crippen LogP contribution is -2.29. The number of rotatable bonds is 0. The molecule has 0 unspecified atom stereocenters. The van der Waals surface area contributed by atoms with Crippen LogP contribution in [-0.4, -0.2) is 65.1 Å². The van der Waals surface area contributed by atoms with E-state index in [1.807, 2.05) is 6.21 Å². The highest BCUT2D eigenvalue weighted by Crippen LogP contribution is 1.90. The summed E-state index contributed by atoms with van der Waals surface area (Å²) in [5, 5.41) is 13.0. The first-order chi connectivity index (χ1) is 11.0. The van der Waals surface area contributed by atoms with Crippen molar-refractivity contribution in [3.63, 3.8) is 0 Å². The van der Waals surface area contributed by atoms with Gasteiger partial charge in [-0.15, -0.1) is 0 Å². The molecular weight excluding hydrogens is 278 g/mol. The maximum absolute atomic E-state index is 3.71. The predicted octanol–water partition coefficient (Wildman–Crippen LogP) is -0.611. The Morgan fingerprint density at radius 2 is 1.05 bits per heavy atom. The van der Waals surface area contributed by atoms with Crippen LogP contribution in [0.25, 0.3) is 0 Å². The highest BCUT2D eigenvalue weighted by Gasteiger charge is 1.93. The van der Waals surface area contributed by atoms with Crippen LogP contribution >= 0.6 is 0 Å². The van der Waals surface area contributed by atoms with Gasteiger partial charge in [0.1, 0.15) is 0 Å². The summed E-state index contributed by atoms with van der Waals surface area (Å²) >= 11 is 0. The fraction of sp³-hybridized carbons (Fsp3) is 0.933. The summed E-state index contributed by atoms with van der Waals surface area (Å²) in [4.78, 5) is 0. The Kier molecular flexibility index (Phi) is 14.6. The number of nitrogens with zero attached hydrogens (tertiary/aromatic N) is 1. The van der Waals surface area contributed by atoms with Gasteiger partial charge in [0.05, 0.1) is 0 Å². The maximum Gasteiger partial charge on any atom is 0.0379 e. The van der Waals surface area contributed by atoms with Gasteiger partial charge in [0.25, 0.3) is 0 Å². The van der Waals surface area contributed by atoms with Crippen molar-refractivity contribution in [2.75, 3.05) is 58.9 Å². The Labute approximate surface area is 135 Å². The third kappa shape index (κ3) is 17.3. The van der Waals surface area contributed by atoms with E-state index in [0.29, 0.717) is 0 Å². The van der Waals surface area contributed by atoms with Crippen LogP contribution in [0.4, 0.5) is 0 Å². The first-order valence-electron chi connectivity index (χ1n) is 8.82. The fourth-order valence-electron chi connectivity index (χ4n) is 1.57. The lowest BCUT2D eigenvalue weighted by Gasteiger charge is -2.09. The molecule has 5 aliphatic rings. The summed E-state index contributed by atoms with van der Waals surface area (Å²) in [6, 6.07) is 0. The van der Waals surface area contributed by atoms with Gasteiger partial charge in [-0.05, 0) is 51.9 Å². The lowest BCUT2D eigenvalue weighted by molar-refractivity contribution is 0.527. The van der Waals surface area contributed by atoms with Gasteiger partial charge in [-0.1, -0.05) is 0 Å². The topological polar surface area (TPSA) is 94.5 Å². The van der Waals surface area contributed by atoms with Crippen LogP contribution in [0.1, 0.15) is 32.1 Å². The molecule has 22 heavy (non-hydrogen) atoms. The third-order valence-electron chi connectivity index (χ3n) is 3.21. The van der Waals surface area contributed by atoms with E-state index < -0.39 is 0 Å². The highest BCUT2D eigenvalue weighted by molar-refractivity contribution is 5.58. The van der Waals surface area contributed by atoms with E-state index in [-0.39, 0.29) is 0 Å². The average Bonchev–Trinajstić information content (AvgIpc) is 3.09. The summed E-state index contributed by atoms with van der Waals surface area (Å²) < 4.78 is 0. The summed E-state index contributed by atoms with van der Waals surface area (Å²) in [6.07, 6.45) is 8.42. The van der Waals surface area contributed by atoms with Crippen LogP contribution in [-0.2, 0) is 0 Å². The van der Waals surface area contributed by atoms with Crippen molar-refractivity contribution >= 4 is 6.21 Å². The first-order valence-corrected chi connectivity index (χ1v) is 8.82. The molecular formula is C15H35N7. The number of hydrazine groups is 1. The van der Waals surface area contributed by atoms with Gasteiger partial charge < -0.3 is 21.4 Å².